The van der Waals surface area contributed by atoms with Gasteiger partial charge in [0.05, 0.1) is 24.0 Å². The highest BCUT2D eigenvalue weighted by Gasteiger charge is 2.35. The lowest BCUT2D eigenvalue weighted by Gasteiger charge is -2.24. The molecule has 0 spiro atoms. The van der Waals surface area contributed by atoms with E-state index in [0.29, 0.717) is 30.9 Å². The normalized spacial score (nSPS) is 22.7. The number of pyridine rings is 1. The zero-order chi connectivity index (χ0) is 20.3. The minimum Gasteiger partial charge on any atom is -0.489 e. The van der Waals surface area contributed by atoms with Gasteiger partial charge in [0.15, 0.2) is 0 Å². The third-order valence-corrected chi connectivity index (χ3v) is 7.32. The number of hydrogen-bond donors (Lipinski definition) is 0. The van der Waals surface area contributed by atoms with Gasteiger partial charge in [-0.15, -0.1) is 0 Å². The number of hydrogen-bond acceptors (Lipinski definition) is 5. The summed E-state index contributed by atoms with van der Waals surface area (Å²) in [5, 5.41) is 0. The maximum absolute atomic E-state index is 13.1. The van der Waals surface area contributed by atoms with Crippen molar-refractivity contribution in [1.29, 1.82) is 0 Å². The second kappa shape index (κ2) is 8.51. The molecule has 8 heteroatoms. The minimum atomic E-state index is -3.48. The summed E-state index contributed by atoms with van der Waals surface area (Å²) < 4.78 is 33.8. The van der Waals surface area contributed by atoms with Crippen molar-refractivity contribution in [2.24, 2.45) is 0 Å². The molecular weight excluding hydrogens is 390 g/mol. The molecule has 2 aromatic rings. The molecule has 1 unspecified atom stereocenters. The number of nitrogens with zero attached hydrogens (tertiary/aromatic N) is 3. The zero-order valence-electron chi connectivity index (χ0n) is 16.2. The monoisotopic (exact) mass is 415 g/mol. The van der Waals surface area contributed by atoms with Crippen LogP contribution >= 0.6 is 0 Å². The van der Waals surface area contributed by atoms with E-state index in [-0.39, 0.29) is 17.9 Å². The molecule has 0 radical (unpaired) electrons. The van der Waals surface area contributed by atoms with Gasteiger partial charge >= 0.3 is 0 Å². The summed E-state index contributed by atoms with van der Waals surface area (Å²) in [4.78, 5) is 16.9. The molecule has 2 aliphatic rings. The number of carbonyl (C=O) groups excluding carboxylic acids is 1. The van der Waals surface area contributed by atoms with Gasteiger partial charge < -0.3 is 9.64 Å². The van der Waals surface area contributed by atoms with E-state index in [1.807, 2.05) is 36.4 Å². The molecule has 2 atom stereocenters. The molecular formula is C21H25N3O4S. The molecule has 1 amide bonds. The average Bonchev–Trinajstić information content (AvgIpc) is 3.38. The predicted octanol–water partition coefficient (Wildman–Crippen LogP) is 2.36. The first-order valence-electron chi connectivity index (χ1n) is 9.90. The SMILES string of the molecule is O=CN1CC[C@H](Oc2cccc(CS(=O)(=O)N3CCCC3c3ccccn3)c2)C1. The van der Waals surface area contributed by atoms with Crippen LogP contribution in [-0.2, 0) is 20.6 Å². The quantitative estimate of drug-likeness (QED) is 0.649. The van der Waals surface area contributed by atoms with Crippen LogP contribution in [0.3, 0.4) is 0 Å². The van der Waals surface area contributed by atoms with Crippen LogP contribution in [0.1, 0.15) is 36.6 Å². The summed E-state index contributed by atoms with van der Waals surface area (Å²) in [6, 6.07) is 12.6. The topological polar surface area (TPSA) is 79.8 Å². The summed E-state index contributed by atoms with van der Waals surface area (Å²) in [5.74, 6) is 0.566. The Balaban J connectivity index is 1.46. The summed E-state index contributed by atoms with van der Waals surface area (Å²) in [7, 11) is -3.48. The van der Waals surface area contributed by atoms with Gasteiger partial charge in [-0.2, -0.15) is 4.31 Å². The van der Waals surface area contributed by atoms with Crippen molar-refractivity contribution in [1.82, 2.24) is 14.2 Å². The first-order chi connectivity index (χ1) is 14.0. The minimum absolute atomic E-state index is 0.0563. The van der Waals surface area contributed by atoms with E-state index in [4.69, 9.17) is 4.74 Å². The second-order valence-electron chi connectivity index (χ2n) is 7.56. The van der Waals surface area contributed by atoms with E-state index < -0.39 is 10.0 Å². The fourth-order valence-electron chi connectivity index (χ4n) is 4.08. The molecule has 0 bridgehead atoms. The molecule has 2 saturated heterocycles. The summed E-state index contributed by atoms with van der Waals surface area (Å²) in [6.07, 6.45) is 4.88. The highest BCUT2D eigenvalue weighted by atomic mass is 32.2. The standard InChI is InChI=1S/C21H25N3O4S/c25-16-23-12-9-19(14-23)28-18-6-3-5-17(13-18)15-29(26,27)24-11-4-8-21(24)20-7-1-2-10-22-20/h1-3,5-7,10,13,16,19,21H,4,8-9,11-12,14-15H2/t19-,21?/m0/s1. The van der Waals surface area contributed by atoms with Gasteiger partial charge in [-0.1, -0.05) is 18.2 Å². The molecule has 1 aromatic carbocycles. The highest BCUT2D eigenvalue weighted by molar-refractivity contribution is 7.88. The number of sulfonamides is 1. The van der Waals surface area contributed by atoms with Gasteiger partial charge in [0.2, 0.25) is 16.4 Å². The molecule has 29 heavy (non-hydrogen) atoms. The van der Waals surface area contributed by atoms with E-state index in [1.54, 1.807) is 21.5 Å². The number of likely N-dealkylation sites (tertiary alicyclic amines) is 1. The molecule has 2 aliphatic heterocycles. The van der Waals surface area contributed by atoms with Crippen molar-refractivity contribution in [2.45, 2.75) is 37.2 Å². The van der Waals surface area contributed by atoms with E-state index in [1.165, 1.54) is 0 Å². The van der Waals surface area contributed by atoms with Crippen LogP contribution in [-0.4, -0.2) is 54.8 Å². The van der Waals surface area contributed by atoms with Crippen LogP contribution in [0.5, 0.6) is 5.75 Å². The Kier molecular flexibility index (Phi) is 5.82. The van der Waals surface area contributed by atoms with Crippen LogP contribution < -0.4 is 4.74 Å². The third kappa shape index (κ3) is 4.59. The number of benzene rings is 1. The first-order valence-corrected chi connectivity index (χ1v) is 11.5. The van der Waals surface area contributed by atoms with Crippen molar-refractivity contribution in [3.8, 4) is 5.75 Å². The Bertz CT molecular complexity index is 951. The summed E-state index contributed by atoms with van der Waals surface area (Å²) >= 11 is 0. The first kappa shape index (κ1) is 19.8. The lowest BCUT2D eigenvalue weighted by Crippen LogP contribution is -2.32. The number of aromatic nitrogens is 1. The van der Waals surface area contributed by atoms with Gasteiger partial charge in [-0.25, -0.2) is 8.42 Å². The van der Waals surface area contributed by atoms with Crippen molar-refractivity contribution in [3.05, 3.63) is 59.9 Å². The van der Waals surface area contributed by atoms with Gasteiger partial charge in [-0.3, -0.25) is 9.78 Å². The van der Waals surface area contributed by atoms with Crippen molar-refractivity contribution in [3.63, 3.8) is 0 Å². The molecule has 7 nitrogen and oxygen atoms in total. The molecule has 2 fully saturated rings. The average molecular weight is 416 g/mol. The third-order valence-electron chi connectivity index (χ3n) is 5.47. The van der Waals surface area contributed by atoms with E-state index in [2.05, 4.69) is 4.98 Å². The molecule has 154 valence electrons. The van der Waals surface area contributed by atoms with Crippen molar-refractivity contribution < 1.29 is 17.9 Å². The van der Waals surface area contributed by atoms with Crippen LogP contribution in [0.25, 0.3) is 0 Å². The lowest BCUT2D eigenvalue weighted by molar-refractivity contribution is -0.117. The largest absolute Gasteiger partial charge is 0.489 e. The highest BCUT2D eigenvalue weighted by Crippen LogP contribution is 2.34. The van der Waals surface area contributed by atoms with Crippen LogP contribution in [0, 0.1) is 0 Å². The smallest absolute Gasteiger partial charge is 0.218 e. The number of carbonyl (C=O) groups is 1. The van der Waals surface area contributed by atoms with Crippen LogP contribution in [0.15, 0.2) is 48.7 Å². The number of rotatable bonds is 7. The number of ether oxygens (including phenoxy) is 1. The van der Waals surface area contributed by atoms with Gasteiger partial charge in [0.25, 0.3) is 0 Å². The lowest BCUT2D eigenvalue weighted by atomic mass is 10.1. The molecule has 0 N–H and O–H groups in total. The molecule has 0 aliphatic carbocycles. The fraction of sp³-hybridized carbons (Fsp3) is 0.429. The zero-order valence-corrected chi connectivity index (χ0v) is 17.0. The van der Waals surface area contributed by atoms with Crippen LogP contribution in [0.4, 0.5) is 0 Å². The second-order valence-corrected chi connectivity index (χ2v) is 9.48. The van der Waals surface area contributed by atoms with Gasteiger partial charge in [-0.05, 0) is 42.7 Å². The Labute approximate surface area is 171 Å². The van der Waals surface area contributed by atoms with E-state index >= 15 is 0 Å². The van der Waals surface area contributed by atoms with Crippen LogP contribution in [0.2, 0.25) is 0 Å². The van der Waals surface area contributed by atoms with Gasteiger partial charge in [0, 0.05) is 25.7 Å². The Morgan fingerprint density at radius 2 is 2.03 bits per heavy atom. The van der Waals surface area contributed by atoms with Crippen molar-refractivity contribution in [2.75, 3.05) is 19.6 Å². The maximum Gasteiger partial charge on any atom is 0.218 e. The van der Waals surface area contributed by atoms with Gasteiger partial charge in [0.1, 0.15) is 11.9 Å². The fourth-order valence-corrected chi connectivity index (χ4v) is 5.86. The molecule has 1 aromatic heterocycles. The predicted molar refractivity (Wildman–Crippen MR) is 109 cm³/mol. The molecule has 0 saturated carbocycles. The molecule has 4 rings (SSSR count). The van der Waals surface area contributed by atoms with E-state index in [0.717, 1.165) is 31.4 Å². The van der Waals surface area contributed by atoms with Crippen molar-refractivity contribution >= 4 is 16.4 Å². The maximum atomic E-state index is 13.1. The summed E-state index contributed by atoms with van der Waals surface area (Å²) in [5.41, 5.74) is 1.49. The Morgan fingerprint density at radius 3 is 2.79 bits per heavy atom. The Morgan fingerprint density at radius 1 is 1.14 bits per heavy atom. The van der Waals surface area contributed by atoms with E-state index in [9.17, 15) is 13.2 Å². The Hall–Kier alpha value is -2.45. The summed E-state index contributed by atoms with van der Waals surface area (Å²) in [6.45, 7) is 1.76. The molecule has 3 heterocycles. The number of amides is 1.